The fourth-order valence-corrected chi connectivity index (χ4v) is 3.56. The van der Waals surface area contributed by atoms with Crippen molar-refractivity contribution in [1.29, 1.82) is 0 Å². The Hall–Kier alpha value is -2.23. The highest BCUT2D eigenvalue weighted by Gasteiger charge is 2.25. The number of hydrogen-bond acceptors (Lipinski definition) is 6. The number of ether oxygens (including phenoxy) is 1. The van der Waals surface area contributed by atoms with E-state index in [9.17, 15) is 23.6 Å². The first-order chi connectivity index (χ1) is 11.2. The van der Waals surface area contributed by atoms with Crippen LogP contribution in [0.15, 0.2) is 35.2 Å². The first-order valence-electron chi connectivity index (χ1n) is 6.19. The molecule has 2 aromatic rings. The van der Waals surface area contributed by atoms with E-state index in [0.717, 1.165) is 18.2 Å². The molecular weight excluding hydrogens is 383 g/mol. The highest BCUT2D eigenvalue weighted by molar-refractivity contribution is 7.92. The minimum atomic E-state index is -4.26. The van der Waals surface area contributed by atoms with E-state index in [4.69, 9.17) is 27.9 Å². The largest absolute Gasteiger partial charge is 0.501 e. The fourth-order valence-electron chi connectivity index (χ4n) is 1.86. The third-order valence-electron chi connectivity index (χ3n) is 2.91. The lowest BCUT2D eigenvalue weighted by Crippen LogP contribution is -2.14. The predicted molar refractivity (Wildman–Crippen MR) is 88.6 cm³/mol. The maximum Gasteiger partial charge on any atom is 0.314 e. The van der Waals surface area contributed by atoms with Crippen LogP contribution < -0.4 is 9.46 Å². The van der Waals surface area contributed by atoms with Crippen molar-refractivity contribution in [3.8, 4) is 11.5 Å². The number of benzene rings is 2. The standard InChI is InChI=1S/C13H10Cl2N2O6S/c1-23-11-3-2-7(14)6-12(11)24(21,22)16-9-4-8(15)5-10(13(9)18)17(19)20/h2-6,16,18H,1H3. The van der Waals surface area contributed by atoms with Gasteiger partial charge in [0.25, 0.3) is 10.0 Å². The minimum Gasteiger partial charge on any atom is -0.501 e. The number of nitrogens with zero attached hydrogens (tertiary/aromatic N) is 1. The van der Waals surface area contributed by atoms with Crippen LogP contribution in [0.3, 0.4) is 0 Å². The van der Waals surface area contributed by atoms with Crippen molar-refractivity contribution < 1.29 is 23.2 Å². The molecule has 0 heterocycles. The molecule has 0 saturated carbocycles. The van der Waals surface area contributed by atoms with Gasteiger partial charge in [-0.15, -0.1) is 0 Å². The Morgan fingerprint density at radius 1 is 1.21 bits per heavy atom. The Labute approximate surface area is 146 Å². The van der Waals surface area contributed by atoms with E-state index in [-0.39, 0.29) is 20.7 Å². The number of halogens is 2. The maximum atomic E-state index is 12.5. The molecule has 0 fully saturated rings. The molecule has 128 valence electrons. The van der Waals surface area contributed by atoms with Crippen molar-refractivity contribution in [2.75, 3.05) is 11.8 Å². The average molecular weight is 393 g/mol. The van der Waals surface area contributed by atoms with Gasteiger partial charge < -0.3 is 9.84 Å². The summed E-state index contributed by atoms with van der Waals surface area (Å²) < 4.78 is 32.0. The molecular formula is C13H10Cl2N2O6S. The Balaban J connectivity index is 2.55. The summed E-state index contributed by atoms with van der Waals surface area (Å²) in [6.45, 7) is 0. The summed E-state index contributed by atoms with van der Waals surface area (Å²) in [6.07, 6.45) is 0. The summed E-state index contributed by atoms with van der Waals surface area (Å²) in [5.74, 6) is -0.864. The summed E-state index contributed by atoms with van der Waals surface area (Å²) in [6, 6.07) is 5.85. The van der Waals surface area contributed by atoms with Crippen LogP contribution in [0.4, 0.5) is 11.4 Å². The van der Waals surface area contributed by atoms with Crippen LogP contribution >= 0.6 is 23.2 Å². The van der Waals surface area contributed by atoms with Crippen LogP contribution in [0.5, 0.6) is 11.5 Å². The second kappa shape index (κ2) is 6.71. The molecule has 0 radical (unpaired) electrons. The number of phenols is 1. The van der Waals surface area contributed by atoms with Gasteiger partial charge in [0, 0.05) is 16.1 Å². The lowest BCUT2D eigenvalue weighted by Gasteiger charge is -2.13. The third-order valence-corrected chi connectivity index (χ3v) is 4.75. The summed E-state index contributed by atoms with van der Waals surface area (Å²) in [7, 11) is -2.99. The Bertz CT molecular complexity index is 917. The molecule has 0 unspecified atom stereocenters. The molecule has 0 spiro atoms. The summed E-state index contributed by atoms with van der Waals surface area (Å²) in [5, 5.41) is 20.8. The second-order valence-corrected chi connectivity index (χ2v) is 7.00. The van der Waals surface area contributed by atoms with E-state index < -0.39 is 32.1 Å². The third kappa shape index (κ3) is 3.64. The highest BCUT2D eigenvalue weighted by Crippen LogP contribution is 2.39. The molecule has 0 aliphatic rings. The number of aromatic hydroxyl groups is 1. The van der Waals surface area contributed by atoms with E-state index in [0.29, 0.717) is 0 Å². The zero-order valence-electron chi connectivity index (χ0n) is 12.0. The number of methoxy groups -OCH3 is 1. The number of nitro benzene ring substituents is 1. The van der Waals surface area contributed by atoms with Gasteiger partial charge in [-0.05, 0) is 24.3 Å². The van der Waals surface area contributed by atoms with E-state index in [1.54, 1.807) is 0 Å². The van der Waals surface area contributed by atoms with Gasteiger partial charge in [-0.2, -0.15) is 0 Å². The Morgan fingerprint density at radius 3 is 2.46 bits per heavy atom. The van der Waals surface area contributed by atoms with Crippen molar-refractivity contribution in [2.24, 2.45) is 0 Å². The molecule has 2 rings (SSSR count). The first kappa shape index (κ1) is 18.1. The summed E-state index contributed by atoms with van der Waals surface area (Å²) in [4.78, 5) is 9.68. The number of phenolic OH excluding ortho intramolecular Hbond substituents is 1. The van der Waals surface area contributed by atoms with Crippen molar-refractivity contribution in [3.05, 3.63) is 50.5 Å². The van der Waals surface area contributed by atoms with Gasteiger partial charge in [-0.3, -0.25) is 14.8 Å². The lowest BCUT2D eigenvalue weighted by molar-refractivity contribution is -0.385. The SMILES string of the molecule is COc1ccc(Cl)cc1S(=O)(=O)Nc1cc(Cl)cc([N+](=O)[O-])c1O. The summed E-state index contributed by atoms with van der Waals surface area (Å²) in [5.41, 5.74) is -1.19. The van der Waals surface area contributed by atoms with Gasteiger partial charge in [0.1, 0.15) is 10.6 Å². The number of nitrogens with one attached hydrogen (secondary N) is 1. The van der Waals surface area contributed by atoms with Gasteiger partial charge in [-0.25, -0.2) is 8.42 Å². The molecule has 0 aliphatic carbocycles. The minimum absolute atomic E-state index is 0.00270. The first-order valence-corrected chi connectivity index (χ1v) is 8.43. The monoisotopic (exact) mass is 392 g/mol. The molecule has 0 saturated heterocycles. The molecule has 0 amide bonds. The van der Waals surface area contributed by atoms with Crippen LogP contribution in [0.1, 0.15) is 0 Å². The molecule has 0 bridgehead atoms. The average Bonchev–Trinajstić information content (AvgIpc) is 2.50. The van der Waals surface area contributed by atoms with E-state index >= 15 is 0 Å². The topological polar surface area (TPSA) is 119 Å². The molecule has 24 heavy (non-hydrogen) atoms. The van der Waals surface area contributed by atoms with E-state index in [1.165, 1.54) is 19.2 Å². The number of hydrogen-bond donors (Lipinski definition) is 2. The molecule has 0 aliphatic heterocycles. The quantitative estimate of drug-likeness (QED) is 0.457. The second-order valence-electron chi connectivity index (χ2n) is 4.48. The fraction of sp³-hybridized carbons (Fsp3) is 0.0769. The van der Waals surface area contributed by atoms with Crippen molar-refractivity contribution >= 4 is 44.6 Å². The smallest absolute Gasteiger partial charge is 0.314 e. The summed E-state index contributed by atoms with van der Waals surface area (Å²) >= 11 is 11.5. The molecule has 8 nitrogen and oxygen atoms in total. The van der Waals surface area contributed by atoms with Crippen molar-refractivity contribution in [2.45, 2.75) is 4.90 Å². The van der Waals surface area contributed by atoms with E-state index in [1.807, 2.05) is 4.72 Å². The number of nitro groups is 1. The zero-order valence-corrected chi connectivity index (χ0v) is 14.3. The predicted octanol–water partition coefficient (Wildman–Crippen LogP) is 3.42. The van der Waals surface area contributed by atoms with Crippen LogP contribution in [-0.4, -0.2) is 25.6 Å². The Morgan fingerprint density at radius 2 is 1.88 bits per heavy atom. The van der Waals surface area contributed by atoms with Gasteiger partial charge in [-0.1, -0.05) is 23.2 Å². The van der Waals surface area contributed by atoms with Crippen molar-refractivity contribution in [1.82, 2.24) is 0 Å². The van der Waals surface area contributed by atoms with Gasteiger partial charge in [0.2, 0.25) is 5.75 Å². The zero-order chi connectivity index (χ0) is 18.1. The van der Waals surface area contributed by atoms with Gasteiger partial charge >= 0.3 is 5.69 Å². The number of rotatable bonds is 5. The lowest BCUT2D eigenvalue weighted by atomic mass is 10.2. The van der Waals surface area contributed by atoms with Gasteiger partial charge in [0.05, 0.1) is 17.7 Å². The van der Waals surface area contributed by atoms with Crippen LogP contribution in [0.2, 0.25) is 10.0 Å². The van der Waals surface area contributed by atoms with Gasteiger partial charge in [0.15, 0.2) is 0 Å². The normalized spacial score (nSPS) is 11.1. The molecule has 0 aromatic heterocycles. The number of sulfonamides is 1. The van der Waals surface area contributed by atoms with Crippen LogP contribution in [0.25, 0.3) is 0 Å². The molecule has 11 heteroatoms. The Kier molecular flexibility index (Phi) is 5.07. The highest BCUT2D eigenvalue weighted by atomic mass is 35.5. The van der Waals surface area contributed by atoms with Crippen LogP contribution in [0, 0.1) is 10.1 Å². The molecule has 0 atom stereocenters. The number of anilines is 1. The maximum absolute atomic E-state index is 12.5. The van der Waals surface area contributed by atoms with E-state index in [2.05, 4.69) is 0 Å². The van der Waals surface area contributed by atoms with Crippen molar-refractivity contribution in [3.63, 3.8) is 0 Å². The molecule has 2 N–H and O–H groups in total. The van der Waals surface area contributed by atoms with Crippen LogP contribution in [-0.2, 0) is 10.0 Å². The molecule has 2 aromatic carbocycles.